The number of hydrogen-bond donors (Lipinski definition) is 2. The first-order chi connectivity index (χ1) is 16.7. The molecular formula is C26H25N3O6. The van der Waals surface area contributed by atoms with Crippen molar-refractivity contribution >= 4 is 29.2 Å². The first kappa shape index (κ1) is 22.8. The lowest BCUT2D eigenvalue weighted by Crippen LogP contribution is -2.58. The number of fused-ring (bicyclic) bond motifs is 1. The van der Waals surface area contributed by atoms with Crippen molar-refractivity contribution in [3.8, 4) is 11.4 Å². The SMILES string of the molecule is Cc1ccc(C=Cc2nc(-c3ccc4oc(C5(NC(=O)O)COC(C)(C)OC5)cc4c3)no2)cc1. The summed E-state index contributed by atoms with van der Waals surface area (Å²) >= 11 is 0. The summed E-state index contributed by atoms with van der Waals surface area (Å²) in [4.78, 5) is 16.0. The second-order valence-corrected chi connectivity index (χ2v) is 9.05. The molecule has 0 spiro atoms. The Morgan fingerprint density at radius 3 is 2.51 bits per heavy atom. The number of carboxylic acid groups (broad SMARTS) is 1. The van der Waals surface area contributed by atoms with E-state index in [-0.39, 0.29) is 13.2 Å². The van der Waals surface area contributed by atoms with Crippen LogP contribution in [0.25, 0.3) is 34.5 Å². The first-order valence-corrected chi connectivity index (χ1v) is 11.1. The van der Waals surface area contributed by atoms with Crippen molar-refractivity contribution in [3.05, 3.63) is 71.3 Å². The molecule has 2 N–H and O–H groups in total. The number of amides is 1. The Hall–Kier alpha value is -3.95. The lowest BCUT2D eigenvalue weighted by Gasteiger charge is -2.41. The van der Waals surface area contributed by atoms with E-state index >= 15 is 0 Å². The molecule has 1 fully saturated rings. The van der Waals surface area contributed by atoms with E-state index in [1.807, 2.05) is 49.4 Å². The van der Waals surface area contributed by atoms with E-state index in [0.29, 0.717) is 23.1 Å². The summed E-state index contributed by atoms with van der Waals surface area (Å²) in [6.07, 6.45) is 2.48. The van der Waals surface area contributed by atoms with Gasteiger partial charge in [-0.05, 0) is 56.7 Å². The normalized spacial score (nSPS) is 17.1. The number of ether oxygens (including phenoxy) is 2. The van der Waals surface area contributed by atoms with E-state index < -0.39 is 17.4 Å². The van der Waals surface area contributed by atoms with Crippen LogP contribution in [-0.2, 0) is 15.0 Å². The number of nitrogens with one attached hydrogen (secondary N) is 1. The van der Waals surface area contributed by atoms with Crippen molar-refractivity contribution in [3.63, 3.8) is 0 Å². The first-order valence-electron chi connectivity index (χ1n) is 11.1. The third kappa shape index (κ3) is 4.82. The molecule has 0 radical (unpaired) electrons. The minimum absolute atomic E-state index is 0.0699. The van der Waals surface area contributed by atoms with Crippen LogP contribution in [0.2, 0.25) is 0 Å². The van der Waals surface area contributed by atoms with Gasteiger partial charge in [-0.1, -0.05) is 35.0 Å². The van der Waals surface area contributed by atoms with Gasteiger partial charge < -0.3 is 28.8 Å². The fraction of sp³-hybridized carbons (Fsp3) is 0.269. The molecule has 0 saturated carbocycles. The number of rotatable bonds is 5. The smallest absolute Gasteiger partial charge is 0.405 e. The summed E-state index contributed by atoms with van der Waals surface area (Å²) in [5, 5.41) is 16.8. The lowest BCUT2D eigenvalue weighted by molar-refractivity contribution is -0.274. The third-order valence-corrected chi connectivity index (χ3v) is 5.86. The van der Waals surface area contributed by atoms with Crippen LogP contribution in [0.3, 0.4) is 0 Å². The maximum Gasteiger partial charge on any atom is 0.405 e. The lowest BCUT2D eigenvalue weighted by atomic mass is 9.96. The van der Waals surface area contributed by atoms with Gasteiger partial charge in [-0.3, -0.25) is 0 Å². The highest BCUT2D eigenvalue weighted by molar-refractivity contribution is 5.83. The number of aromatic nitrogens is 2. The Kier molecular flexibility index (Phi) is 5.66. The predicted molar refractivity (Wildman–Crippen MR) is 128 cm³/mol. The fourth-order valence-corrected chi connectivity index (χ4v) is 3.84. The molecule has 5 rings (SSSR count). The molecule has 9 heteroatoms. The van der Waals surface area contributed by atoms with Gasteiger partial charge in [0, 0.05) is 17.0 Å². The molecule has 1 aliphatic heterocycles. The van der Waals surface area contributed by atoms with Crippen LogP contribution in [0.15, 0.2) is 57.5 Å². The summed E-state index contributed by atoms with van der Waals surface area (Å²) in [7, 11) is 0. The van der Waals surface area contributed by atoms with Crippen molar-refractivity contribution < 1.29 is 28.3 Å². The van der Waals surface area contributed by atoms with Crippen molar-refractivity contribution in [1.29, 1.82) is 0 Å². The highest BCUT2D eigenvalue weighted by atomic mass is 16.7. The summed E-state index contributed by atoms with van der Waals surface area (Å²) in [5.74, 6) is 0.407. The van der Waals surface area contributed by atoms with E-state index in [1.54, 1.807) is 32.1 Å². The number of aryl methyl sites for hydroxylation is 1. The van der Waals surface area contributed by atoms with Crippen molar-refractivity contribution in [2.75, 3.05) is 13.2 Å². The largest absolute Gasteiger partial charge is 0.465 e. The van der Waals surface area contributed by atoms with Gasteiger partial charge in [-0.25, -0.2) is 4.79 Å². The minimum Gasteiger partial charge on any atom is -0.465 e. The predicted octanol–water partition coefficient (Wildman–Crippen LogP) is 5.21. The van der Waals surface area contributed by atoms with E-state index in [1.165, 1.54) is 5.56 Å². The maximum absolute atomic E-state index is 11.5. The Morgan fingerprint density at radius 1 is 1.06 bits per heavy atom. The Morgan fingerprint density at radius 2 is 1.80 bits per heavy atom. The molecule has 0 unspecified atom stereocenters. The van der Waals surface area contributed by atoms with Crippen molar-refractivity contribution in [1.82, 2.24) is 15.5 Å². The van der Waals surface area contributed by atoms with E-state index in [9.17, 15) is 9.90 Å². The molecule has 9 nitrogen and oxygen atoms in total. The standard InChI is InChI=1S/C26H25N3O6/c1-16-4-6-17(7-5-16)8-11-22-27-23(29-35-22)18-9-10-20-19(12-18)13-21(34-20)26(28-24(30)31)14-32-25(2,3)33-15-26/h4-13,28H,14-15H2,1-3H3,(H,30,31). The highest BCUT2D eigenvalue weighted by Gasteiger charge is 2.45. The van der Waals surface area contributed by atoms with E-state index in [0.717, 1.165) is 16.5 Å². The molecule has 0 aliphatic carbocycles. The molecule has 3 heterocycles. The van der Waals surface area contributed by atoms with Gasteiger partial charge in [0.25, 0.3) is 5.89 Å². The second kappa shape index (κ2) is 8.68. The van der Waals surface area contributed by atoms with Crippen LogP contribution >= 0.6 is 0 Å². The van der Waals surface area contributed by atoms with Gasteiger partial charge in [0.1, 0.15) is 16.9 Å². The Labute approximate surface area is 201 Å². The van der Waals surface area contributed by atoms with Crippen LogP contribution in [-0.4, -0.2) is 40.3 Å². The average molecular weight is 476 g/mol. The summed E-state index contributed by atoms with van der Waals surface area (Å²) < 4.78 is 22.9. The van der Waals surface area contributed by atoms with E-state index in [2.05, 4.69) is 15.5 Å². The molecular weight excluding hydrogens is 450 g/mol. The molecule has 1 saturated heterocycles. The monoisotopic (exact) mass is 475 g/mol. The summed E-state index contributed by atoms with van der Waals surface area (Å²) in [6.45, 7) is 5.73. The molecule has 180 valence electrons. The molecule has 0 atom stereocenters. The minimum atomic E-state index is -1.20. The average Bonchev–Trinajstić information content (AvgIpc) is 3.47. The van der Waals surface area contributed by atoms with Gasteiger partial charge in [0.15, 0.2) is 5.79 Å². The second-order valence-electron chi connectivity index (χ2n) is 9.05. The molecule has 35 heavy (non-hydrogen) atoms. The van der Waals surface area contributed by atoms with Gasteiger partial charge >= 0.3 is 6.09 Å². The fourth-order valence-electron chi connectivity index (χ4n) is 3.84. The van der Waals surface area contributed by atoms with Crippen LogP contribution < -0.4 is 5.32 Å². The molecule has 4 aromatic rings. The third-order valence-electron chi connectivity index (χ3n) is 5.86. The van der Waals surface area contributed by atoms with Gasteiger partial charge in [0.05, 0.1) is 13.2 Å². The van der Waals surface area contributed by atoms with Gasteiger partial charge in [-0.2, -0.15) is 4.98 Å². The van der Waals surface area contributed by atoms with Gasteiger partial charge in [-0.15, -0.1) is 0 Å². The molecule has 2 aromatic heterocycles. The van der Waals surface area contributed by atoms with Gasteiger partial charge in [0.2, 0.25) is 5.82 Å². The number of carbonyl (C=O) groups is 1. The van der Waals surface area contributed by atoms with E-state index in [4.69, 9.17) is 18.4 Å². The summed E-state index contributed by atoms with van der Waals surface area (Å²) in [5.41, 5.74) is 2.38. The zero-order valence-electron chi connectivity index (χ0n) is 19.6. The molecule has 1 amide bonds. The quantitative estimate of drug-likeness (QED) is 0.404. The number of benzene rings is 2. The zero-order valence-corrected chi connectivity index (χ0v) is 19.6. The van der Waals surface area contributed by atoms with Crippen molar-refractivity contribution in [2.24, 2.45) is 0 Å². The topological polar surface area (TPSA) is 120 Å². The van der Waals surface area contributed by atoms with Crippen LogP contribution in [0, 0.1) is 6.92 Å². The molecule has 1 aliphatic rings. The number of furan rings is 1. The highest BCUT2D eigenvalue weighted by Crippen LogP contribution is 2.35. The Bertz CT molecular complexity index is 1390. The number of nitrogens with zero attached hydrogens (tertiary/aromatic N) is 2. The number of hydrogen-bond acceptors (Lipinski definition) is 7. The zero-order chi connectivity index (χ0) is 24.6. The van der Waals surface area contributed by atoms with Crippen LogP contribution in [0.4, 0.5) is 4.79 Å². The summed E-state index contributed by atoms with van der Waals surface area (Å²) in [6, 6.07) is 15.4. The maximum atomic E-state index is 11.5. The molecule has 2 aromatic carbocycles. The Balaban J connectivity index is 1.41. The van der Waals surface area contributed by atoms with Crippen molar-refractivity contribution in [2.45, 2.75) is 32.1 Å². The van der Waals surface area contributed by atoms with Crippen LogP contribution in [0.5, 0.6) is 0 Å². The van der Waals surface area contributed by atoms with Crippen LogP contribution in [0.1, 0.15) is 36.6 Å². The molecule has 0 bridgehead atoms.